The summed E-state index contributed by atoms with van der Waals surface area (Å²) in [7, 11) is 1.54. The van der Waals surface area contributed by atoms with Crippen LogP contribution in [-0.4, -0.2) is 41.4 Å². The Morgan fingerprint density at radius 2 is 2.31 bits per heavy atom. The maximum absolute atomic E-state index is 11.1. The number of carboxylic acid groups (broad SMARTS) is 1. The molecule has 1 aromatic rings. The molecule has 7 nitrogen and oxygen atoms in total. The molecule has 0 radical (unpaired) electrons. The van der Waals surface area contributed by atoms with Gasteiger partial charge in [0.2, 0.25) is 0 Å². The lowest BCUT2D eigenvalue weighted by Gasteiger charge is -2.03. The highest BCUT2D eigenvalue weighted by Crippen LogP contribution is 1.94. The van der Waals surface area contributed by atoms with Crippen molar-refractivity contribution in [1.82, 2.24) is 9.97 Å². The molecular weight excluding hydrogens is 216 g/mol. The largest absolute Gasteiger partial charge is 0.477 e. The van der Waals surface area contributed by atoms with E-state index in [2.05, 4.69) is 9.97 Å². The van der Waals surface area contributed by atoms with Crippen LogP contribution in [0.25, 0.3) is 0 Å². The number of hydrogen-bond acceptors (Lipinski definition) is 5. The summed E-state index contributed by atoms with van der Waals surface area (Å²) in [5, 5.41) is 8.67. The molecule has 0 bridgehead atoms. The molecule has 16 heavy (non-hydrogen) atoms. The fourth-order valence-corrected chi connectivity index (χ4v) is 0.997. The predicted molar refractivity (Wildman–Crippen MR) is 53.3 cm³/mol. The van der Waals surface area contributed by atoms with E-state index in [4.69, 9.17) is 14.6 Å². The lowest BCUT2D eigenvalue weighted by atomic mass is 10.4. The Labute approximate surface area is 91.0 Å². The molecule has 0 saturated heterocycles. The third-order valence-corrected chi connectivity index (χ3v) is 1.68. The van der Waals surface area contributed by atoms with Gasteiger partial charge in [-0.3, -0.25) is 4.79 Å². The maximum Gasteiger partial charge on any atom is 0.354 e. The van der Waals surface area contributed by atoms with Crippen LogP contribution in [0.15, 0.2) is 10.9 Å². The second-order valence-corrected chi connectivity index (χ2v) is 2.93. The van der Waals surface area contributed by atoms with Crippen LogP contribution in [0, 0.1) is 0 Å². The van der Waals surface area contributed by atoms with Gasteiger partial charge in [-0.2, -0.15) is 0 Å². The molecule has 88 valence electrons. The molecular formula is C9H12N2O5. The minimum Gasteiger partial charge on any atom is -0.477 e. The predicted octanol–water partition coefficient (Wildman–Crippen LogP) is -0.369. The molecule has 0 atom stereocenters. The smallest absolute Gasteiger partial charge is 0.354 e. The van der Waals surface area contributed by atoms with E-state index in [1.54, 1.807) is 0 Å². The van der Waals surface area contributed by atoms with Gasteiger partial charge in [-0.05, 0) is 0 Å². The van der Waals surface area contributed by atoms with Crippen molar-refractivity contribution in [1.29, 1.82) is 0 Å². The Hall–Kier alpha value is -1.73. The molecule has 0 amide bonds. The van der Waals surface area contributed by atoms with Crippen molar-refractivity contribution in [3.63, 3.8) is 0 Å². The summed E-state index contributed by atoms with van der Waals surface area (Å²) in [4.78, 5) is 27.8. The number of rotatable bonds is 6. The standard InChI is InChI=1S/C9H12N2O5/c1-15-2-3-16-5-7-10-6(9(13)14)4-8(12)11-7/h4H,2-3,5H2,1H3,(H,13,14)(H,10,11,12). The highest BCUT2D eigenvalue weighted by Gasteiger charge is 2.07. The zero-order valence-electron chi connectivity index (χ0n) is 8.73. The first-order valence-corrected chi connectivity index (χ1v) is 4.53. The third-order valence-electron chi connectivity index (χ3n) is 1.68. The number of nitrogens with one attached hydrogen (secondary N) is 1. The lowest BCUT2D eigenvalue weighted by molar-refractivity contribution is 0.0579. The molecule has 0 aliphatic rings. The van der Waals surface area contributed by atoms with Crippen molar-refractivity contribution in [2.45, 2.75) is 6.61 Å². The van der Waals surface area contributed by atoms with Crippen molar-refractivity contribution in [2.75, 3.05) is 20.3 Å². The van der Waals surface area contributed by atoms with Gasteiger partial charge in [0.25, 0.3) is 5.56 Å². The summed E-state index contributed by atoms with van der Waals surface area (Å²) in [6, 6.07) is 0.918. The van der Waals surface area contributed by atoms with Crippen LogP contribution >= 0.6 is 0 Å². The minimum atomic E-state index is -1.25. The number of aromatic nitrogens is 2. The number of ether oxygens (including phenoxy) is 2. The van der Waals surface area contributed by atoms with E-state index in [1.807, 2.05) is 0 Å². The molecule has 1 heterocycles. The third kappa shape index (κ3) is 3.79. The van der Waals surface area contributed by atoms with Crippen LogP contribution in [0.3, 0.4) is 0 Å². The molecule has 0 aromatic carbocycles. The van der Waals surface area contributed by atoms with Crippen molar-refractivity contribution in [3.05, 3.63) is 27.9 Å². The molecule has 1 rings (SSSR count). The fraction of sp³-hybridized carbons (Fsp3) is 0.444. The average Bonchev–Trinajstić information content (AvgIpc) is 2.23. The van der Waals surface area contributed by atoms with Gasteiger partial charge in [-0.1, -0.05) is 0 Å². The van der Waals surface area contributed by atoms with E-state index in [1.165, 1.54) is 7.11 Å². The summed E-state index contributed by atoms with van der Waals surface area (Å²) in [6.45, 7) is 0.806. The first kappa shape index (κ1) is 12.3. The number of aromatic amines is 1. The molecule has 0 fully saturated rings. The number of methoxy groups -OCH3 is 1. The molecule has 0 aliphatic carbocycles. The van der Waals surface area contributed by atoms with Crippen LogP contribution in [-0.2, 0) is 16.1 Å². The number of aromatic carboxylic acids is 1. The van der Waals surface area contributed by atoms with E-state index in [9.17, 15) is 9.59 Å². The highest BCUT2D eigenvalue weighted by atomic mass is 16.5. The van der Waals surface area contributed by atoms with E-state index in [0.717, 1.165) is 6.07 Å². The van der Waals surface area contributed by atoms with Crippen LogP contribution in [0.5, 0.6) is 0 Å². The number of hydrogen-bond donors (Lipinski definition) is 2. The zero-order valence-corrected chi connectivity index (χ0v) is 8.73. The summed E-state index contributed by atoms with van der Waals surface area (Å²) < 4.78 is 9.85. The van der Waals surface area contributed by atoms with Gasteiger partial charge in [-0.15, -0.1) is 0 Å². The SMILES string of the molecule is COCCOCc1nc(C(=O)O)cc(=O)[nH]1. The molecule has 7 heteroatoms. The van der Waals surface area contributed by atoms with Gasteiger partial charge in [0.15, 0.2) is 5.69 Å². The first-order chi connectivity index (χ1) is 7.63. The van der Waals surface area contributed by atoms with Gasteiger partial charge >= 0.3 is 5.97 Å². The monoisotopic (exact) mass is 228 g/mol. The van der Waals surface area contributed by atoms with Gasteiger partial charge in [0, 0.05) is 13.2 Å². The number of nitrogens with zero attached hydrogens (tertiary/aromatic N) is 1. The molecule has 2 N–H and O–H groups in total. The first-order valence-electron chi connectivity index (χ1n) is 4.53. The molecule has 0 saturated carbocycles. The van der Waals surface area contributed by atoms with Crippen LogP contribution in [0.1, 0.15) is 16.3 Å². The highest BCUT2D eigenvalue weighted by molar-refractivity contribution is 5.85. The average molecular weight is 228 g/mol. The molecule has 0 unspecified atom stereocenters. The van der Waals surface area contributed by atoms with E-state index in [-0.39, 0.29) is 18.1 Å². The molecule has 0 spiro atoms. The Balaban J connectivity index is 2.66. The van der Waals surface area contributed by atoms with Crippen LogP contribution < -0.4 is 5.56 Å². The van der Waals surface area contributed by atoms with E-state index >= 15 is 0 Å². The summed E-state index contributed by atoms with van der Waals surface area (Å²) >= 11 is 0. The topological polar surface area (TPSA) is 102 Å². The number of carboxylic acids is 1. The zero-order chi connectivity index (χ0) is 12.0. The quantitative estimate of drug-likeness (QED) is 0.644. The Morgan fingerprint density at radius 1 is 1.56 bits per heavy atom. The Bertz CT molecular complexity index is 415. The van der Waals surface area contributed by atoms with Crippen molar-refractivity contribution in [2.24, 2.45) is 0 Å². The minimum absolute atomic E-state index is 0.0414. The van der Waals surface area contributed by atoms with E-state index in [0.29, 0.717) is 13.2 Å². The van der Waals surface area contributed by atoms with Gasteiger partial charge in [0.1, 0.15) is 12.4 Å². The van der Waals surface area contributed by atoms with Crippen molar-refractivity contribution < 1.29 is 19.4 Å². The Morgan fingerprint density at radius 3 is 2.94 bits per heavy atom. The summed E-state index contributed by atoms with van der Waals surface area (Å²) in [6.07, 6.45) is 0. The van der Waals surface area contributed by atoms with Gasteiger partial charge in [-0.25, -0.2) is 9.78 Å². The van der Waals surface area contributed by atoms with Crippen LogP contribution in [0.2, 0.25) is 0 Å². The second-order valence-electron chi connectivity index (χ2n) is 2.93. The normalized spacial score (nSPS) is 10.3. The second kappa shape index (κ2) is 5.99. The van der Waals surface area contributed by atoms with Crippen molar-refractivity contribution in [3.8, 4) is 0 Å². The lowest BCUT2D eigenvalue weighted by Crippen LogP contribution is -2.16. The fourth-order valence-electron chi connectivity index (χ4n) is 0.997. The maximum atomic E-state index is 11.1. The summed E-state index contributed by atoms with van der Waals surface area (Å²) in [5.74, 6) is -1.06. The molecule has 0 aliphatic heterocycles. The van der Waals surface area contributed by atoms with Gasteiger partial charge in [0.05, 0.1) is 13.2 Å². The van der Waals surface area contributed by atoms with Crippen LogP contribution in [0.4, 0.5) is 0 Å². The summed E-state index contributed by atoms with van der Waals surface area (Å²) in [5.41, 5.74) is -0.813. The van der Waals surface area contributed by atoms with Crippen molar-refractivity contribution >= 4 is 5.97 Å². The number of carbonyl (C=O) groups is 1. The van der Waals surface area contributed by atoms with E-state index < -0.39 is 11.5 Å². The Kier molecular flexibility index (Phi) is 4.62. The van der Waals surface area contributed by atoms with Gasteiger partial charge < -0.3 is 19.6 Å². The molecule has 1 aromatic heterocycles. The number of H-pyrrole nitrogens is 1.